The van der Waals surface area contributed by atoms with Crippen LogP contribution in [0.25, 0.3) is 0 Å². The van der Waals surface area contributed by atoms with Gasteiger partial charge in [-0.15, -0.1) is 11.3 Å². The topological polar surface area (TPSA) is 30.9 Å². The molecule has 2 atom stereocenters. The van der Waals surface area contributed by atoms with Gasteiger partial charge in [-0.05, 0) is 43.8 Å². The molecule has 3 rings (SSSR count). The van der Waals surface area contributed by atoms with Gasteiger partial charge in [-0.3, -0.25) is 9.89 Å². The van der Waals surface area contributed by atoms with Crippen molar-refractivity contribution >= 4 is 17.3 Å². The summed E-state index contributed by atoms with van der Waals surface area (Å²) in [6.07, 6.45) is 4.03. The number of aliphatic imine (C=N–C) groups is 1. The van der Waals surface area contributed by atoms with Crippen molar-refractivity contribution in [2.75, 3.05) is 39.8 Å². The van der Waals surface area contributed by atoms with Gasteiger partial charge in [-0.1, -0.05) is 13.0 Å². The van der Waals surface area contributed by atoms with E-state index in [1.54, 1.807) is 0 Å². The van der Waals surface area contributed by atoms with Crippen LogP contribution in [0.15, 0.2) is 22.5 Å². The SMILES string of the molecule is CN=C(NCC(C)c1cccs1)N1CCC(N2CCCC2)C1. The summed E-state index contributed by atoms with van der Waals surface area (Å²) in [6, 6.07) is 5.08. The molecule has 2 aliphatic rings. The van der Waals surface area contributed by atoms with Crippen molar-refractivity contribution in [3.63, 3.8) is 0 Å². The molecule has 5 heteroatoms. The number of likely N-dealkylation sites (tertiary alicyclic amines) is 2. The van der Waals surface area contributed by atoms with Gasteiger partial charge < -0.3 is 10.2 Å². The molecule has 1 aromatic rings. The summed E-state index contributed by atoms with van der Waals surface area (Å²) in [7, 11) is 1.90. The molecule has 0 aliphatic carbocycles. The van der Waals surface area contributed by atoms with Crippen molar-refractivity contribution in [2.45, 2.75) is 38.1 Å². The second-order valence-electron chi connectivity index (χ2n) is 6.48. The number of rotatable bonds is 4. The fraction of sp³-hybridized carbons (Fsp3) is 0.706. The van der Waals surface area contributed by atoms with Gasteiger partial charge in [0.05, 0.1) is 0 Å². The fourth-order valence-corrected chi connectivity index (χ4v) is 4.37. The van der Waals surface area contributed by atoms with E-state index < -0.39 is 0 Å². The van der Waals surface area contributed by atoms with Crippen molar-refractivity contribution in [3.8, 4) is 0 Å². The minimum Gasteiger partial charge on any atom is -0.356 e. The van der Waals surface area contributed by atoms with Crippen LogP contribution in [0.1, 0.15) is 37.0 Å². The Balaban J connectivity index is 1.49. The second kappa shape index (κ2) is 7.47. The molecule has 4 nitrogen and oxygen atoms in total. The van der Waals surface area contributed by atoms with E-state index in [2.05, 4.69) is 44.5 Å². The third-order valence-corrected chi connectivity index (χ3v) is 6.03. The van der Waals surface area contributed by atoms with Crippen LogP contribution in [0.3, 0.4) is 0 Å². The molecule has 2 unspecified atom stereocenters. The van der Waals surface area contributed by atoms with Crippen molar-refractivity contribution < 1.29 is 0 Å². The Labute approximate surface area is 138 Å². The maximum atomic E-state index is 4.50. The predicted molar refractivity (Wildman–Crippen MR) is 94.9 cm³/mol. The van der Waals surface area contributed by atoms with E-state index in [4.69, 9.17) is 0 Å². The summed E-state index contributed by atoms with van der Waals surface area (Å²) in [4.78, 5) is 11.0. The van der Waals surface area contributed by atoms with Crippen LogP contribution in [0.5, 0.6) is 0 Å². The first-order chi connectivity index (χ1) is 10.8. The third kappa shape index (κ3) is 3.63. The number of nitrogens with one attached hydrogen (secondary N) is 1. The minimum atomic E-state index is 0.536. The molecule has 0 bridgehead atoms. The number of hydrogen-bond donors (Lipinski definition) is 1. The molecule has 0 aromatic carbocycles. The molecule has 2 fully saturated rings. The van der Waals surface area contributed by atoms with Gasteiger partial charge in [0.1, 0.15) is 0 Å². The Kier molecular flexibility index (Phi) is 5.37. The molecule has 122 valence electrons. The van der Waals surface area contributed by atoms with Crippen molar-refractivity contribution in [2.24, 2.45) is 4.99 Å². The highest BCUT2D eigenvalue weighted by atomic mass is 32.1. The van der Waals surface area contributed by atoms with Gasteiger partial charge in [0, 0.05) is 43.5 Å². The third-order valence-electron chi connectivity index (χ3n) is 4.93. The van der Waals surface area contributed by atoms with Gasteiger partial charge in [0.25, 0.3) is 0 Å². The van der Waals surface area contributed by atoms with Crippen LogP contribution in [-0.4, -0.2) is 61.6 Å². The van der Waals surface area contributed by atoms with E-state index in [-0.39, 0.29) is 0 Å². The Morgan fingerprint density at radius 2 is 2.23 bits per heavy atom. The molecular weight excluding hydrogens is 292 g/mol. The van der Waals surface area contributed by atoms with E-state index in [1.165, 1.54) is 37.2 Å². The lowest BCUT2D eigenvalue weighted by atomic mass is 10.1. The van der Waals surface area contributed by atoms with Crippen molar-refractivity contribution in [1.29, 1.82) is 0 Å². The van der Waals surface area contributed by atoms with Crippen LogP contribution in [0.4, 0.5) is 0 Å². The summed E-state index contributed by atoms with van der Waals surface area (Å²) >= 11 is 1.84. The van der Waals surface area contributed by atoms with Gasteiger partial charge in [0.15, 0.2) is 5.96 Å². The Morgan fingerprint density at radius 3 is 2.91 bits per heavy atom. The lowest BCUT2D eigenvalue weighted by molar-refractivity contribution is 0.249. The highest BCUT2D eigenvalue weighted by Crippen LogP contribution is 2.22. The normalized spacial score (nSPS) is 24.9. The lowest BCUT2D eigenvalue weighted by Gasteiger charge is -2.26. The summed E-state index contributed by atoms with van der Waals surface area (Å²) in [5.41, 5.74) is 0. The largest absolute Gasteiger partial charge is 0.356 e. The first-order valence-electron chi connectivity index (χ1n) is 8.51. The quantitative estimate of drug-likeness (QED) is 0.683. The summed E-state index contributed by atoms with van der Waals surface area (Å²) < 4.78 is 0. The van der Waals surface area contributed by atoms with E-state index in [0.717, 1.165) is 31.6 Å². The molecule has 1 aromatic heterocycles. The molecule has 22 heavy (non-hydrogen) atoms. The van der Waals surface area contributed by atoms with Crippen LogP contribution >= 0.6 is 11.3 Å². The van der Waals surface area contributed by atoms with Gasteiger partial charge >= 0.3 is 0 Å². The van der Waals surface area contributed by atoms with Crippen LogP contribution in [0.2, 0.25) is 0 Å². The molecule has 0 saturated carbocycles. The van der Waals surface area contributed by atoms with Gasteiger partial charge in [-0.25, -0.2) is 0 Å². The molecule has 1 N–H and O–H groups in total. The standard InChI is InChI=1S/C17H28N4S/c1-14(16-6-5-11-22-16)12-19-17(18-2)21-10-7-15(13-21)20-8-3-4-9-20/h5-6,11,14-15H,3-4,7-10,12-13H2,1-2H3,(H,18,19). The first-order valence-corrected chi connectivity index (χ1v) is 9.39. The van der Waals surface area contributed by atoms with E-state index in [1.807, 2.05) is 18.4 Å². The monoisotopic (exact) mass is 320 g/mol. The summed E-state index contributed by atoms with van der Waals surface area (Å²) in [6.45, 7) is 8.09. The van der Waals surface area contributed by atoms with E-state index >= 15 is 0 Å². The first kappa shape index (κ1) is 15.8. The summed E-state index contributed by atoms with van der Waals surface area (Å²) in [5.74, 6) is 1.61. The maximum absolute atomic E-state index is 4.50. The Morgan fingerprint density at radius 1 is 1.41 bits per heavy atom. The summed E-state index contributed by atoms with van der Waals surface area (Å²) in [5, 5.41) is 5.73. The van der Waals surface area contributed by atoms with Crippen LogP contribution in [-0.2, 0) is 0 Å². The highest BCUT2D eigenvalue weighted by Gasteiger charge is 2.30. The van der Waals surface area contributed by atoms with Gasteiger partial charge in [-0.2, -0.15) is 0 Å². The van der Waals surface area contributed by atoms with Crippen molar-refractivity contribution in [3.05, 3.63) is 22.4 Å². The lowest BCUT2D eigenvalue weighted by Crippen LogP contribution is -2.43. The molecule has 2 saturated heterocycles. The number of nitrogens with zero attached hydrogens (tertiary/aromatic N) is 3. The average Bonchev–Trinajstić information content (AvgIpc) is 3.27. The number of hydrogen-bond acceptors (Lipinski definition) is 3. The molecular formula is C17H28N4S. The Hall–Kier alpha value is -1.07. The average molecular weight is 321 g/mol. The maximum Gasteiger partial charge on any atom is 0.193 e. The Bertz CT molecular complexity index is 479. The number of thiophene rings is 1. The van der Waals surface area contributed by atoms with E-state index in [9.17, 15) is 0 Å². The fourth-order valence-electron chi connectivity index (χ4n) is 3.59. The zero-order valence-electron chi connectivity index (χ0n) is 13.8. The van der Waals surface area contributed by atoms with Crippen LogP contribution in [0, 0.1) is 0 Å². The molecule has 0 amide bonds. The highest BCUT2D eigenvalue weighted by molar-refractivity contribution is 7.10. The minimum absolute atomic E-state index is 0.536. The second-order valence-corrected chi connectivity index (χ2v) is 7.46. The zero-order chi connectivity index (χ0) is 15.4. The van der Waals surface area contributed by atoms with Crippen LogP contribution < -0.4 is 5.32 Å². The number of guanidine groups is 1. The zero-order valence-corrected chi connectivity index (χ0v) is 14.6. The van der Waals surface area contributed by atoms with Crippen molar-refractivity contribution in [1.82, 2.24) is 15.1 Å². The smallest absolute Gasteiger partial charge is 0.193 e. The molecule has 0 spiro atoms. The predicted octanol–water partition coefficient (Wildman–Crippen LogP) is 2.60. The van der Waals surface area contributed by atoms with Gasteiger partial charge in [0.2, 0.25) is 0 Å². The molecule has 3 heterocycles. The molecule has 0 radical (unpaired) electrons. The van der Waals surface area contributed by atoms with E-state index in [0.29, 0.717) is 5.92 Å². The molecule has 2 aliphatic heterocycles.